The van der Waals surface area contributed by atoms with Crippen molar-refractivity contribution < 1.29 is 14.3 Å². The summed E-state index contributed by atoms with van der Waals surface area (Å²) in [5.74, 6) is 0.116. The average molecular weight is 593 g/mol. The van der Waals surface area contributed by atoms with E-state index in [1.54, 1.807) is 25.7 Å². The van der Waals surface area contributed by atoms with Crippen LogP contribution in [0.1, 0.15) is 80.2 Å². The quantitative estimate of drug-likeness (QED) is 0.299. The Labute approximate surface area is 250 Å². The second kappa shape index (κ2) is 14.6. The predicted octanol–water partition coefficient (Wildman–Crippen LogP) is 6.65. The number of piperidine rings is 1. The Morgan fingerprint density at radius 2 is 1.98 bits per heavy atom. The van der Waals surface area contributed by atoms with Crippen molar-refractivity contribution in [2.45, 2.75) is 98.9 Å². The van der Waals surface area contributed by atoms with Crippen molar-refractivity contribution in [2.75, 3.05) is 34.8 Å². The van der Waals surface area contributed by atoms with Gasteiger partial charge in [0, 0.05) is 55.8 Å². The minimum atomic E-state index is -1.38. The van der Waals surface area contributed by atoms with Gasteiger partial charge in [0.25, 0.3) is 0 Å². The van der Waals surface area contributed by atoms with Crippen molar-refractivity contribution in [3.05, 3.63) is 35.0 Å². The summed E-state index contributed by atoms with van der Waals surface area (Å²) in [4.78, 5) is 25.1. The van der Waals surface area contributed by atoms with Crippen molar-refractivity contribution in [1.82, 2.24) is 9.97 Å². The Morgan fingerprint density at radius 1 is 1.34 bits per heavy atom. The van der Waals surface area contributed by atoms with Crippen LogP contribution >= 0.6 is 11.6 Å². The van der Waals surface area contributed by atoms with Crippen LogP contribution in [0.25, 0.3) is 0 Å². The second-order valence-electron chi connectivity index (χ2n) is 12.1. The molecule has 230 valence electrons. The van der Waals surface area contributed by atoms with E-state index in [-0.39, 0.29) is 23.8 Å². The van der Waals surface area contributed by atoms with Gasteiger partial charge in [-0.3, -0.25) is 4.79 Å². The van der Waals surface area contributed by atoms with E-state index in [0.717, 1.165) is 11.3 Å². The maximum absolute atomic E-state index is 15.4. The molecule has 1 fully saturated rings. The third-order valence-corrected chi connectivity index (χ3v) is 8.12. The van der Waals surface area contributed by atoms with E-state index in [0.29, 0.717) is 48.5 Å². The molecule has 0 radical (unpaired) electrons. The molecular formula is C31H50ClFN6O2. The molecule has 1 aliphatic heterocycles. The maximum Gasteiger partial charge on any atom is 0.227 e. The number of alkyl halides is 1. The second-order valence-corrected chi connectivity index (χ2v) is 12.6. The number of nitrogens with two attached hydrogens (primary N) is 1. The number of aryl methyl sites for hydroxylation is 1. The molecule has 0 spiro atoms. The van der Waals surface area contributed by atoms with Crippen LogP contribution in [-0.4, -0.2) is 57.9 Å². The molecule has 1 saturated heterocycles. The van der Waals surface area contributed by atoms with Crippen molar-refractivity contribution in [3.63, 3.8) is 0 Å². The molecule has 3 rings (SSSR count). The normalized spacial score (nSPS) is 21.5. The zero-order valence-corrected chi connectivity index (χ0v) is 27.0. The van der Waals surface area contributed by atoms with Gasteiger partial charge in [0.1, 0.15) is 10.7 Å². The highest BCUT2D eigenvalue weighted by Gasteiger charge is 2.47. The summed E-state index contributed by atoms with van der Waals surface area (Å²) in [6, 6.07) is 5.34. The number of halogens is 2. The first-order chi connectivity index (χ1) is 19.0. The summed E-state index contributed by atoms with van der Waals surface area (Å²) in [6.07, 6.45) is 4.60. The van der Waals surface area contributed by atoms with Gasteiger partial charge in [0.15, 0.2) is 5.82 Å². The van der Waals surface area contributed by atoms with Gasteiger partial charge in [-0.25, -0.2) is 9.37 Å². The lowest BCUT2D eigenvalue weighted by molar-refractivity contribution is -0.116. The Kier molecular flexibility index (Phi) is 12.4. The first-order valence-corrected chi connectivity index (χ1v) is 15.0. The Balaban J connectivity index is 0.00000138. The van der Waals surface area contributed by atoms with Crippen LogP contribution in [0.3, 0.4) is 0 Å². The number of hydrogen-bond acceptors (Lipinski definition) is 7. The molecule has 1 aliphatic rings. The molecule has 2 aromatic rings. The Hall–Kier alpha value is -2.49. The summed E-state index contributed by atoms with van der Waals surface area (Å²) < 4.78 is 15.4. The maximum atomic E-state index is 15.4. The highest BCUT2D eigenvalue weighted by Crippen LogP contribution is 2.39. The van der Waals surface area contributed by atoms with Crippen molar-refractivity contribution >= 4 is 40.6 Å². The van der Waals surface area contributed by atoms with E-state index in [2.05, 4.69) is 29.1 Å². The van der Waals surface area contributed by atoms with Crippen LogP contribution in [0.2, 0.25) is 5.02 Å². The summed E-state index contributed by atoms with van der Waals surface area (Å²) >= 11 is 6.44. The fraction of sp³-hybridized carbons (Fsp3) is 0.645. The molecule has 8 nitrogen and oxygen atoms in total. The number of carbonyl (C=O) groups is 1. The van der Waals surface area contributed by atoms with Gasteiger partial charge in [-0.05, 0) is 58.7 Å². The predicted molar refractivity (Wildman–Crippen MR) is 169 cm³/mol. The monoisotopic (exact) mass is 592 g/mol. The van der Waals surface area contributed by atoms with Crippen molar-refractivity contribution in [2.24, 2.45) is 17.6 Å². The summed E-state index contributed by atoms with van der Waals surface area (Å²) in [7, 11) is 0. The average Bonchev–Trinajstić information content (AvgIpc) is 2.87. The van der Waals surface area contributed by atoms with Crippen LogP contribution in [0.4, 0.5) is 27.5 Å². The number of aliphatic hydroxyl groups is 1. The fourth-order valence-corrected chi connectivity index (χ4v) is 4.89. The molecule has 4 N–H and O–H groups in total. The summed E-state index contributed by atoms with van der Waals surface area (Å²) in [5.41, 5.74) is 6.21. The number of anilines is 4. The standard InChI is InChI=1S/C27H40ClFN6O2.C4H10/c1-16-8-9-20(12-23(16)35(19(4)36)11-10-26(5,6)37)32-24-22(28)13-31-25(33-24)34-14-17(2)27(7,29)21(15-34)18(3)30;1-3-4-2/h8-9,12-13,17-18,21,37H,10-11,14-15,30H2,1-7H3,(H,31,32,33);3-4H2,1-2H3. The number of amides is 1. The summed E-state index contributed by atoms with van der Waals surface area (Å²) in [6.45, 7) is 17.8. The number of nitrogens with one attached hydrogen (secondary N) is 1. The first kappa shape index (κ1) is 34.7. The number of aromatic nitrogens is 2. The number of rotatable bonds is 9. The lowest BCUT2D eigenvalue weighted by atomic mass is 9.74. The van der Waals surface area contributed by atoms with E-state index in [1.807, 2.05) is 43.9 Å². The van der Waals surface area contributed by atoms with Crippen LogP contribution in [0.15, 0.2) is 24.4 Å². The van der Waals surface area contributed by atoms with Gasteiger partial charge < -0.3 is 26.0 Å². The third kappa shape index (κ3) is 9.51. The number of unbranched alkanes of at least 4 members (excludes halogenated alkanes) is 1. The lowest BCUT2D eigenvalue weighted by Gasteiger charge is -2.46. The lowest BCUT2D eigenvalue weighted by Crippen LogP contribution is -2.58. The minimum absolute atomic E-state index is 0.116. The van der Waals surface area contributed by atoms with Gasteiger partial charge in [-0.1, -0.05) is 51.3 Å². The Morgan fingerprint density at radius 3 is 2.51 bits per heavy atom. The van der Waals surface area contributed by atoms with Crippen LogP contribution in [0, 0.1) is 18.8 Å². The molecule has 1 aromatic carbocycles. The Bertz CT molecular complexity index is 1150. The first-order valence-electron chi connectivity index (χ1n) is 14.6. The highest BCUT2D eigenvalue weighted by atomic mass is 35.5. The molecule has 0 saturated carbocycles. The number of benzene rings is 1. The highest BCUT2D eigenvalue weighted by molar-refractivity contribution is 6.32. The van der Waals surface area contributed by atoms with Gasteiger partial charge in [-0.15, -0.1) is 0 Å². The van der Waals surface area contributed by atoms with Crippen LogP contribution in [-0.2, 0) is 4.79 Å². The fourth-order valence-electron chi connectivity index (χ4n) is 4.75. The SMILES string of the molecule is CC(=O)N(CCC(C)(C)O)c1cc(Nc2nc(N3CC(C)C(C)(F)C(C(C)N)C3)ncc2Cl)ccc1C.CCCC. The third-order valence-electron chi connectivity index (χ3n) is 7.84. The molecule has 4 atom stereocenters. The van der Waals surface area contributed by atoms with Crippen molar-refractivity contribution in [1.29, 1.82) is 0 Å². The van der Waals surface area contributed by atoms with Crippen LogP contribution in [0.5, 0.6) is 0 Å². The largest absolute Gasteiger partial charge is 0.390 e. The van der Waals surface area contributed by atoms with Gasteiger partial charge >= 0.3 is 0 Å². The van der Waals surface area contributed by atoms with Gasteiger partial charge in [0.2, 0.25) is 11.9 Å². The van der Waals surface area contributed by atoms with Crippen molar-refractivity contribution in [3.8, 4) is 0 Å². The molecule has 1 amide bonds. The summed E-state index contributed by atoms with van der Waals surface area (Å²) in [5, 5.41) is 13.7. The van der Waals surface area contributed by atoms with Gasteiger partial charge in [0.05, 0.1) is 11.8 Å². The smallest absolute Gasteiger partial charge is 0.227 e. The molecular weight excluding hydrogens is 543 g/mol. The molecule has 41 heavy (non-hydrogen) atoms. The minimum Gasteiger partial charge on any atom is -0.390 e. The molecule has 2 heterocycles. The van der Waals surface area contributed by atoms with Gasteiger partial charge in [-0.2, -0.15) is 4.98 Å². The van der Waals surface area contributed by atoms with E-state index in [9.17, 15) is 9.90 Å². The number of hydrogen-bond donors (Lipinski definition) is 3. The van der Waals surface area contributed by atoms with Crippen LogP contribution < -0.4 is 20.9 Å². The molecule has 0 aliphatic carbocycles. The van der Waals surface area contributed by atoms with E-state index < -0.39 is 11.3 Å². The topological polar surface area (TPSA) is 108 Å². The molecule has 4 unspecified atom stereocenters. The zero-order valence-electron chi connectivity index (χ0n) is 26.3. The molecule has 10 heteroatoms. The molecule has 0 bridgehead atoms. The molecule has 1 aromatic heterocycles. The van der Waals surface area contributed by atoms with E-state index in [1.165, 1.54) is 26.0 Å². The number of carbonyl (C=O) groups excluding carboxylic acids is 1. The zero-order chi connectivity index (χ0) is 31.1. The van der Waals surface area contributed by atoms with E-state index in [4.69, 9.17) is 17.3 Å². The van der Waals surface area contributed by atoms with E-state index >= 15 is 4.39 Å². The number of nitrogens with zero attached hydrogens (tertiary/aromatic N) is 4.